The van der Waals surface area contributed by atoms with Gasteiger partial charge in [-0.15, -0.1) is 0 Å². The van der Waals surface area contributed by atoms with E-state index in [2.05, 4.69) is 10.1 Å². The summed E-state index contributed by atoms with van der Waals surface area (Å²) in [6, 6.07) is 3.66. The molecule has 5 heterocycles. The van der Waals surface area contributed by atoms with Crippen molar-refractivity contribution >= 4 is 23.2 Å². The maximum absolute atomic E-state index is 13.0. The summed E-state index contributed by atoms with van der Waals surface area (Å²) >= 11 is 0. The molecule has 0 aromatic carbocycles. The van der Waals surface area contributed by atoms with Crippen molar-refractivity contribution < 1.29 is 19.8 Å². The molecule has 3 aliphatic rings. The fourth-order valence-corrected chi connectivity index (χ4v) is 6.11. The Bertz CT molecular complexity index is 1410. The van der Waals surface area contributed by atoms with E-state index in [-0.39, 0.29) is 35.5 Å². The highest BCUT2D eigenvalue weighted by atomic mass is 16.3. The van der Waals surface area contributed by atoms with Crippen LogP contribution in [0.4, 0.5) is 5.82 Å². The van der Waals surface area contributed by atoms with Crippen LogP contribution in [0.2, 0.25) is 0 Å². The maximum atomic E-state index is 13.0. The van der Waals surface area contributed by atoms with Gasteiger partial charge in [0.05, 0.1) is 23.1 Å². The standard InChI is InChI=1S/C27H32N6O4/c1-14(34)21-22(16-10-17-5-6-18(11-16)32(17)25(35)27(37)8-9-27)31-24-19(13-30-33(24)23(21)28)15-4-7-20(29-12-15)26(2,3)36/h4,7,12-13,16-18,36-37H,5-6,8-11,28H2,1-3H3/t16?,17-,18+. The summed E-state index contributed by atoms with van der Waals surface area (Å²) in [7, 11) is 0. The molecule has 6 rings (SSSR count). The highest BCUT2D eigenvalue weighted by Crippen LogP contribution is 2.48. The average molecular weight is 505 g/mol. The molecule has 3 aromatic heterocycles. The van der Waals surface area contributed by atoms with Crippen LogP contribution in [-0.4, -0.2) is 64.1 Å². The van der Waals surface area contributed by atoms with E-state index in [4.69, 9.17) is 10.7 Å². The molecular weight excluding hydrogens is 472 g/mol. The number of rotatable bonds is 5. The van der Waals surface area contributed by atoms with Crippen molar-refractivity contribution in [1.29, 1.82) is 0 Å². The number of carbonyl (C=O) groups excluding carboxylic acids is 2. The first-order valence-electron chi connectivity index (χ1n) is 12.9. The van der Waals surface area contributed by atoms with E-state index in [1.54, 1.807) is 32.3 Å². The molecule has 2 bridgehead atoms. The number of amides is 1. The van der Waals surface area contributed by atoms with Gasteiger partial charge in [0.25, 0.3) is 5.91 Å². The van der Waals surface area contributed by atoms with Crippen molar-refractivity contribution in [2.45, 2.75) is 88.5 Å². The summed E-state index contributed by atoms with van der Waals surface area (Å²) in [6.07, 6.45) is 7.51. The number of Topliss-reactive ketones (excluding diaryl/α,β-unsaturated/α-hetero) is 1. The summed E-state index contributed by atoms with van der Waals surface area (Å²) in [4.78, 5) is 37.1. The number of aliphatic hydroxyl groups is 2. The van der Waals surface area contributed by atoms with E-state index in [1.807, 2.05) is 11.0 Å². The molecule has 10 heteroatoms. The molecule has 3 atom stereocenters. The molecule has 1 aliphatic carbocycles. The molecule has 37 heavy (non-hydrogen) atoms. The number of ketones is 1. The fourth-order valence-electron chi connectivity index (χ4n) is 6.11. The summed E-state index contributed by atoms with van der Waals surface area (Å²) in [5, 5.41) is 25.1. The lowest BCUT2D eigenvalue weighted by atomic mass is 9.85. The Balaban J connectivity index is 1.40. The maximum Gasteiger partial charge on any atom is 0.255 e. The van der Waals surface area contributed by atoms with Gasteiger partial charge in [0.2, 0.25) is 0 Å². The minimum atomic E-state index is -1.18. The van der Waals surface area contributed by atoms with Crippen LogP contribution in [0.25, 0.3) is 16.8 Å². The van der Waals surface area contributed by atoms with Crippen LogP contribution in [0.3, 0.4) is 0 Å². The average Bonchev–Trinajstić information content (AvgIpc) is 3.36. The molecule has 2 saturated heterocycles. The molecule has 1 saturated carbocycles. The summed E-state index contributed by atoms with van der Waals surface area (Å²) in [5.74, 6) is -0.112. The fraction of sp³-hybridized carbons (Fsp3) is 0.519. The number of fused-ring (bicyclic) bond motifs is 3. The van der Waals surface area contributed by atoms with Crippen molar-refractivity contribution in [3.63, 3.8) is 0 Å². The zero-order valence-corrected chi connectivity index (χ0v) is 21.3. The van der Waals surface area contributed by atoms with Gasteiger partial charge < -0.3 is 20.8 Å². The summed E-state index contributed by atoms with van der Waals surface area (Å²) in [6.45, 7) is 4.85. The highest BCUT2D eigenvalue weighted by Gasteiger charge is 2.55. The number of aromatic nitrogens is 4. The predicted molar refractivity (Wildman–Crippen MR) is 136 cm³/mol. The normalized spacial score (nSPS) is 24.5. The van der Waals surface area contributed by atoms with Crippen LogP contribution in [-0.2, 0) is 10.4 Å². The quantitative estimate of drug-likeness (QED) is 0.449. The molecular formula is C27H32N6O4. The van der Waals surface area contributed by atoms with Gasteiger partial charge in [0.1, 0.15) is 17.0 Å². The minimum absolute atomic E-state index is 0.0166. The van der Waals surface area contributed by atoms with E-state index >= 15 is 0 Å². The number of nitrogens with two attached hydrogens (primary N) is 1. The third kappa shape index (κ3) is 3.81. The van der Waals surface area contributed by atoms with Crippen molar-refractivity contribution in [2.75, 3.05) is 5.73 Å². The van der Waals surface area contributed by atoms with Crippen molar-refractivity contribution in [3.05, 3.63) is 41.5 Å². The van der Waals surface area contributed by atoms with E-state index < -0.39 is 11.2 Å². The summed E-state index contributed by atoms with van der Waals surface area (Å²) < 4.78 is 1.50. The van der Waals surface area contributed by atoms with E-state index in [9.17, 15) is 19.8 Å². The van der Waals surface area contributed by atoms with Crippen molar-refractivity contribution in [2.24, 2.45) is 0 Å². The number of nitrogen functional groups attached to an aromatic ring is 1. The number of hydrogen-bond donors (Lipinski definition) is 3. The van der Waals surface area contributed by atoms with Gasteiger partial charge in [-0.05, 0) is 65.4 Å². The molecule has 0 radical (unpaired) electrons. The predicted octanol–water partition coefficient (Wildman–Crippen LogP) is 2.57. The van der Waals surface area contributed by atoms with Crippen LogP contribution >= 0.6 is 0 Å². The Morgan fingerprint density at radius 3 is 2.35 bits per heavy atom. The van der Waals surface area contributed by atoms with E-state index in [1.165, 1.54) is 11.4 Å². The van der Waals surface area contributed by atoms with Crippen LogP contribution < -0.4 is 5.73 Å². The second-order valence-corrected chi connectivity index (χ2v) is 11.4. The molecule has 4 N–H and O–H groups in total. The number of carbonyl (C=O) groups is 2. The monoisotopic (exact) mass is 504 g/mol. The van der Waals surface area contributed by atoms with Crippen molar-refractivity contribution in [3.8, 4) is 11.1 Å². The first-order valence-corrected chi connectivity index (χ1v) is 12.9. The van der Waals surface area contributed by atoms with Crippen LogP contribution in [0.15, 0.2) is 24.5 Å². The third-order valence-electron chi connectivity index (χ3n) is 8.24. The van der Waals surface area contributed by atoms with Gasteiger partial charge in [-0.25, -0.2) is 4.98 Å². The smallest absolute Gasteiger partial charge is 0.255 e. The Morgan fingerprint density at radius 2 is 1.81 bits per heavy atom. The lowest BCUT2D eigenvalue weighted by Gasteiger charge is -2.40. The Kier molecular flexibility index (Phi) is 5.23. The minimum Gasteiger partial charge on any atom is -0.384 e. The number of hydrogen-bond acceptors (Lipinski definition) is 8. The van der Waals surface area contributed by atoms with Crippen LogP contribution in [0.5, 0.6) is 0 Å². The molecule has 3 fully saturated rings. The van der Waals surface area contributed by atoms with Gasteiger partial charge in [0, 0.05) is 35.3 Å². The van der Waals surface area contributed by atoms with E-state index in [0.717, 1.165) is 24.0 Å². The number of anilines is 1. The zero-order chi connectivity index (χ0) is 26.3. The lowest BCUT2D eigenvalue weighted by molar-refractivity contribution is -0.147. The topological polar surface area (TPSA) is 147 Å². The Labute approximate surface area is 214 Å². The molecule has 1 unspecified atom stereocenters. The van der Waals surface area contributed by atoms with Gasteiger partial charge >= 0.3 is 0 Å². The zero-order valence-electron chi connectivity index (χ0n) is 21.3. The van der Waals surface area contributed by atoms with Crippen LogP contribution in [0, 0.1) is 0 Å². The van der Waals surface area contributed by atoms with Crippen LogP contribution in [0.1, 0.15) is 87.0 Å². The second kappa shape index (κ2) is 8.06. The molecule has 194 valence electrons. The number of piperidine rings is 1. The van der Waals surface area contributed by atoms with Gasteiger partial charge in [-0.2, -0.15) is 9.61 Å². The number of pyridine rings is 1. The molecule has 3 aromatic rings. The highest BCUT2D eigenvalue weighted by molar-refractivity contribution is 6.00. The number of nitrogens with zero attached hydrogens (tertiary/aromatic N) is 5. The SMILES string of the molecule is CC(=O)c1c(C2C[C@H]3CC[C@@H](C2)N3C(=O)C2(O)CC2)nc2c(-c3ccc(C(C)(C)O)nc3)cnn2c1N. The van der Waals surface area contributed by atoms with Crippen molar-refractivity contribution in [1.82, 2.24) is 24.5 Å². The van der Waals surface area contributed by atoms with Gasteiger partial charge in [-0.1, -0.05) is 6.07 Å². The second-order valence-electron chi connectivity index (χ2n) is 11.4. The Hall–Kier alpha value is -3.37. The summed E-state index contributed by atoms with van der Waals surface area (Å²) in [5.41, 5.74) is 7.89. The molecule has 10 nitrogen and oxygen atoms in total. The lowest BCUT2D eigenvalue weighted by Crippen LogP contribution is -2.51. The third-order valence-corrected chi connectivity index (χ3v) is 8.24. The molecule has 0 spiro atoms. The largest absolute Gasteiger partial charge is 0.384 e. The van der Waals surface area contributed by atoms with Gasteiger partial charge in [0.15, 0.2) is 11.4 Å². The first kappa shape index (κ1) is 24.0. The molecule has 1 amide bonds. The Morgan fingerprint density at radius 1 is 1.14 bits per heavy atom. The molecule has 2 aliphatic heterocycles. The first-order chi connectivity index (χ1) is 17.5. The van der Waals surface area contributed by atoms with Gasteiger partial charge in [-0.3, -0.25) is 14.6 Å². The van der Waals surface area contributed by atoms with E-state index in [0.29, 0.717) is 48.3 Å².